The normalized spacial score (nSPS) is 10.8. The zero-order chi connectivity index (χ0) is 17.3. The number of nitrogens with one attached hydrogen (secondary N) is 1. The van der Waals surface area contributed by atoms with Gasteiger partial charge in [0.05, 0.1) is 28.2 Å². The van der Waals surface area contributed by atoms with E-state index in [4.69, 9.17) is 33.8 Å². The maximum Gasteiger partial charge on any atom is 0.253 e. The molecule has 3 rings (SSSR count). The van der Waals surface area contributed by atoms with E-state index in [1.807, 2.05) is 24.3 Å². The summed E-state index contributed by atoms with van der Waals surface area (Å²) in [7, 11) is 1.60. The van der Waals surface area contributed by atoms with Gasteiger partial charge in [-0.2, -0.15) is 0 Å². The van der Waals surface area contributed by atoms with Crippen molar-refractivity contribution in [2.45, 2.75) is 6.54 Å². The Bertz CT molecular complexity index is 907. The van der Waals surface area contributed by atoms with Crippen LogP contribution in [0.5, 0.6) is 5.75 Å². The molecule has 0 atom stereocenters. The second-order valence-corrected chi connectivity index (χ2v) is 5.89. The van der Waals surface area contributed by atoms with Crippen molar-refractivity contribution in [1.29, 1.82) is 0 Å². The summed E-state index contributed by atoms with van der Waals surface area (Å²) in [6.07, 6.45) is 0. The van der Waals surface area contributed by atoms with E-state index in [1.54, 1.807) is 23.8 Å². The van der Waals surface area contributed by atoms with Crippen molar-refractivity contribution in [3.63, 3.8) is 0 Å². The van der Waals surface area contributed by atoms with Gasteiger partial charge in [0, 0.05) is 5.56 Å². The molecule has 1 amide bonds. The number of ether oxygens (including phenoxy) is 1. The van der Waals surface area contributed by atoms with Gasteiger partial charge in [-0.25, -0.2) is 10.8 Å². The average Bonchev–Trinajstić information content (AvgIpc) is 2.93. The van der Waals surface area contributed by atoms with Crippen LogP contribution in [0.25, 0.3) is 22.4 Å². The molecule has 0 aliphatic carbocycles. The van der Waals surface area contributed by atoms with Crippen molar-refractivity contribution in [3.05, 3.63) is 46.4 Å². The molecule has 0 saturated heterocycles. The van der Waals surface area contributed by atoms with Gasteiger partial charge in [-0.05, 0) is 36.4 Å². The Morgan fingerprint density at radius 3 is 2.54 bits per heavy atom. The van der Waals surface area contributed by atoms with Gasteiger partial charge in [-0.15, -0.1) is 0 Å². The summed E-state index contributed by atoms with van der Waals surface area (Å²) in [4.78, 5) is 16.4. The molecule has 3 N–H and O–H groups in total. The number of hydrogen-bond donors (Lipinski definition) is 2. The van der Waals surface area contributed by atoms with E-state index < -0.39 is 0 Å². The highest BCUT2D eigenvalue weighted by atomic mass is 35.5. The van der Waals surface area contributed by atoms with E-state index in [9.17, 15) is 4.79 Å². The van der Waals surface area contributed by atoms with Crippen LogP contribution >= 0.6 is 23.2 Å². The maximum absolute atomic E-state index is 11.8. The fourth-order valence-electron chi connectivity index (χ4n) is 2.43. The lowest BCUT2D eigenvalue weighted by atomic mass is 10.2. The topological polar surface area (TPSA) is 82.2 Å². The van der Waals surface area contributed by atoms with Gasteiger partial charge in [0.1, 0.15) is 18.1 Å². The number of nitrogens with zero attached hydrogens (tertiary/aromatic N) is 2. The first-order chi connectivity index (χ1) is 11.5. The van der Waals surface area contributed by atoms with Crippen LogP contribution in [0.2, 0.25) is 10.0 Å². The molecule has 1 heterocycles. The predicted molar refractivity (Wildman–Crippen MR) is 94.1 cm³/mol. The van der Waals surface area contributed by atoms with E-state index in [-0.39, 0.29) is 12.5 Å². The lowest BCUT2D eigenvalue weighted by Crippen LogP contribution is -2.33. The van der Waals surface area contributed by atoms with Crippen LogP contribution < -0.4 is 16.0 Å². The molecule has 0 bridgehead atoms. The Morgan fingerprint density at radius 1 is 1.25 bits per heavy atom. The Kier molecular flexibility index (Phi) is 4.62. The lowest BCUT2D eigenvalue weighted by molar-refractivity contribution is -0.121. The summed E-state index contributed by atoms with van der Waals surface area (Å²) in [6.45, 7) is 0.00627. The van der Waals surface area contributed by atoms with Crippen LogP contribution in [0.15, 0.2) is 36.4 Å². The summed E-state index contributed by atoms with van der Waals surface area (Å²) in [5, 5.41) is 0.790. The average molecular weight is 365 g/mol. The monoisotopic (exact) mass is 364 g/mol. The molecule has 2 aromatic carbocycles. The molecule has 1 aromatic heterocycles. The van der Waals surface area contributed by atoms with Gasteiger partial charge in [-0.3, -0.25) is 10.2 Å². The van der Waals surface area contributed by atoms with Gasteiger partial charge >= 0.3 is 0 Å². The van der Waals surface area contributed by atoms with E-state index in [2.05, 4.69) is 10.4 Å². The van der Waals surface area contributed by atoms with Crippen molar-refractivity contribution in [2.75, 3.05) is 7.11 Å². The number of hydrazine groups is 1. The smallest absolute Gasteiger partial charge is 0.253 e. The fraction of sp³-hybridized carbons (Fsp3) is 0.125. The molecule has 0 fully saturated rings. The Balaban J connectivity index is 2.20. The minimum absolute atomic E-state index is 0.00627. The summed E-state index contributed by atoms with van der Waals surface area (Å²) in [5.41, 5.74) is 4.28. The molecular weight excluding hydrogens is 351 g/mol. The largest absolute Gasteiger partial charge is 0.497 e. The third-order valence-corrected chi connectivity index (χ3v) is 4.32. The number of fused-ring (bicyclic) bond motifs is 1. The van der Waals surface area contributed by atoms with Gasteiger partial charge in [0.15, 0.2) is 0 Å². The molecular formula is C16H14Cl2N4O2. The minimum Gasteiger partial charge on any atom is -0.497 e. The van der Waals surface area contributed by atoms with Gasteiger partial charge in [0.25, 0.3) is 5.91 Å². The van der Waals surface area contributed by atoms with Crippen LogP contribution in [-0.4, -0.2) is 22.6 Å². The number of imidazole rings is 1. The van der Waals surface area contributed by atoms with Crippen molar-refractivity contribution in [3.8, 4) is 17.1 Å². The second-order valence-electron chi connectivity index (χ2n) is 5.07. The summed E-state index contributed by atoms with van der Waals surface area (Å²) in [6, 6.07) is 10.7. The number of carbonyl (C=O) groups excluding carboxylic acids is 1. The minimum atomic E-state index is -0.352. The van der Waals surface area contributed by atoms with Gasteiger partial charge < -0.3 is 9.30 Å². The first kappa shape index (κ1) is 16.6. The maximum atomic E-state index is 11.8. The number of hydrogen-bond acceptors (Lipinski definition) is 4. The Labute approximate surface area is 148 Å². The molecule has 124 valence electrons. The third-order valence-electron chi connectivity index (χ3n) is 3.60. The highest BCUT2D eigenvalue weighted by Gasteiger charge is 2.16. The van der Waals surface area contributed by atoms with Crippen LogP contribution in [0.1, 0.15) is 0 Å². The van der Waals surface area contributed by atoms with Crippen molar-refractivity contribution in [2.24, 2.45) is 5.84 Å². The molecule has 0 spiro atoms. The zero-order valence-corrected chi connectivity index (χ0v) is 14.2. The predicted octanol–water partition coefficient (Wildman–Crippen LogP) is 3.01. The number of rotatable bonds is 4. The summed E-state index contributed by atoms with van der Waals surface area (Å²) in [5.74, 6) is 6.20. The van der Waals surface area contributed by atoms with Gasteiger partial charge in [-0.1, -0.05) is 23.2 Å². The molecule has 0 aliphatic heterocycles. The lowest BCUT2D eigenvalue weighted by Gasteiger charge is -2.09. The molecule has 3 aromatic rings. The highest BCUT2D eigenvalue weighted by molar-refractivity contribution is 6.42. The molecule has 0 radical (unpaired) electrons. The molecule has 8 heteroatoms. The first-order valence-corrected chi connectivity index (χ1v) is 7.78. The summed E-state index contributed by atoms with van der Waals surface area (Å²) >= 11 is 12.2. The molecule has 0 unspecified atom stereocenters. The highest BCUT2D eigenvalue weighted by Crippen LogP contribution is 2.31. The first-order valence-electron chi connectivity index (χ1n) is 7.02. The van der Waals surface area contributed by atoms with Crippen molar-refractivity contribution in [1.82, 2.24) is 15.0 Å². The Hall–Kier alpha value is -2.28. The SMILES string of the molecule is COc1ccc(-c2nc3cc(Cl)c(Cl)cc3n2CC(=O)NN)cc1. The van der Waals surface area contributed by atoms with Crippen molar-refractivity contribution < 1.29 is 9.53 Å². The van der Waals surface area contributed by atoms with Gasteiger partial charge in [0.2, 0.25) is 0 Å². The fourth-order valence-corrected chi connectivity index (χ4v) is 2.75. The van der Waals surface area contributed by atoms with Crippen LogP contribution in [0.3, 0.4) is 0 Å². The van der Waals surface area contributed by atoms with Crippen LogP contribution in [0, 0.1) is 0 Å². The standard InChI is InChI=1S/C16H14Cl2N4O2/c1-24-10-4-2-9(3-5-10)16-20-13-6-11(17)12(18)7-14(13)22(16)8-15(23)21-19/h2-7H,8,19H2,1H3,(H,21,23). The van der Waals surface area contributed by atoms with Crippen LogP contribution in [0.4, 0.5) is 0 Å². The number of benzene rings is 2. The molecule has 6 nitrogen and oxygen atoms in total. The molecule has 24 heavy (non-hydrogen) atoms. The number of halogens is 2. The van der Waals surface area contributed by atoms with Crippen LogP contribution in [-0.2, 0) is 11.3 Å². The van der Waals surface area contributed by atoms with E-state index in [0.717, 1.165) is 11.3 Å². The number of methoxy groups -OCH3 is 1. The number of amides is 1. The molecule has 0 aliphatic rings. The molecule has 0 saturated carbocycles. The number of aromatic nitrogens is 2. The van der Waals surface area contributed by atoms with Crippen molar-refractivity contribution >= 4 is 40.1 Å². The van der Waals surface area contributed by atoms with E-state index in [0.29, 0.717) is 26.9 Å². The Morgan fingerprint density at radius 2 is 1.92 bits per heavy atom. The van der Waals surface area contributed by atoms with E-state index >= 15 is 0 Å². The quantitative estimate of drug-likeness (QED) is 0.423. The second kappa shape index (κ2) is 6.68. The number of nitrogens with two attached hydrogens (primary N) is 1. The van der Waals surface area contributed by atoms with E-state index in [1.165, 1.54) is 0 Å². The summed E-state index contributed by atoms with van der Waals surface area (Å²) < 4.78 is 6.90. The number of carbonyl (C=O) groups is 1. The third kappa shape index (κ3) is 3.03. The zero-order valence-electron chi connectivity index (χ0n) is 12.7.